The monoisotopic (exact) mass is 370 g/mol. The van der Waals surface area contributed by atoms with E-state index >= 15 is 0 Å². The van der Waals surface area contributed by atoms with Gasteiger partial charge >= 0.3 is 0 Å². The summed E-state index contributed by atoms with van der Waals surface area (Å²) in [5, 5.41) is 3.52. The minimum absolute atomic E-state index is 0.113. The van der Waals surface area contributed by atoms with Gasteiger partial charge in [-0.15, -0.1) is 0 Å². The highest BCUT2D eigenvalue weighted by Gasteiger charge is 2.19. The van der Waals surface area contributed by atoms with Crippen molar-refractivity contribution in [2.45, 2.75) is 37.6 Å². The van der Waals surface area contributed by atoms with Crippen LogP contribution in [0.4, 0.5) is 0 Å². The molecule has 0 spiro atoms. The first-order chi connectivity index (χ1) is 12.7. The van der Waals surface area contributed by atoms with Crippen LogP contribution < -0.4 is 10.9 Å². The summed E-state index contributed by atoms with van der Waals surface area (Å²) in [5.41, 5.74) is 2.18. The smallest absolute Gasteiger partial charge is 0.267 e. The van der Waals surface area contributed by atoms with E-state index in [1.54, 1.807) is 16.3 Å². The Bertz CT molecular complexity index is 857. The predicted molar refractivity (Wildman–Crippen MR) is 101 cm³/mol. The first-order valence-electron chi connectivity index (χ1n) is 9.02. The van der Waals surface area contributed by atoms with E-state index in [2.05, 4.69) is 27.3 Å². The zero-order valence-corrected chi connectivity index (χ0v) is 15.4. The van der Waals surface area contributed by atoms with Crippen LogP contribution in [-0.4, -0.2) is 39.2 Å². The highest BCUT2D eigenvalue weighted by Crippen LogP contribution is 2.20. The van der Waals surface area contributed by atoms with Crippen LogP contribution in [0.25, 0.3) is 0 Å². The van der Waals surface area contributed by atoms with Gasteiger partial charge < -0.3 is 5.32 Å². The van der Waals surface area contributed by atoms with Crippen LogP contribution in [-0.2, 0) is 19.6 Å². The molecular weight excluding hydrogens is 348 g/mol. The lowest BCUT2D eigenvalue weighted by atomic mass is 10.1. The van der Waals surface area contributed by atoms with Gasteiger partial charge in [-0.05, 0) is 37.1 Å². The molecule has 7 heteroatoms. The van der Waals surface area contributed by atoms with Gasteiger partial charge in [-0.2, -0.15) is 0 Å². The maximum Gasteiger partial charge on any atom is 0.267 e. The van der Waals surface area contributed by atoms with E-state index in [0.717, 1.165) is 17.9 Å². The molecule has 6 nitrogen and oxygen atoms in total. The highest BCUT2D eigenvalue weighted by atomic mass is 32.2. The zero-order valence-electron chi connectivity index (χ0n) is 14.6. The average Bonchev–Trinajstić information content (AvgIpc) is 3.33. The van der Waals surface area contributed by atoms with Gasteiger partial charge in [-0.3, -0.25) is 19.1 Å². The molecule has 3 heterocycles. The molecule has 0 aliphatic carbocycles. The Kier molecular flexibility index (Phi) is 5.08. The largest absolute Gasteiger partial charge is 0.348 e. The predicted octanol–water partition coefficient (Wildman–Crippen LogP) is 1.87. The number of nitrogens with one attached hydrogen (secondary N) is 1. The topological polar surface area (TPSA) is 67.2 Å². The maximum absolute atomic E-state index is 12.4. The van der Waals surface area contributed by atoms with Gasteiger partial charge in [-0.25, -0.2) is 4.98 Å². The lowest BCUT2D eigenvalue weighted by molar-refractivity contribution is 0.0948. The molecule has 0 saturated carbocycles. The van der Waals surface area contributed by atoms with Gasteiger partial charge in [0.1, 0.15) is 5.56 Å². The van der Waals surface area contributed by atoms with Gasteiger partial charge in [0.05, 0.1) is 0 Å². The SMILES string of the molecule is O=C(NCc1ccc(CN2CCCC2)cc1)c1cnc2n(c1=O)CCS2. The average molecular weight is 370 g/mol. The number of rotatable bonds is 5. The third kappa shape index (κ3) is 3.68. The number of aromatic nitrogens is 2. The molecule has 2 aromatic rings. The number of hydrogen-bond acceptors (Lipinski definition) is 5. The molecule has 0 atom stereocenters. The van der Waals surface area contributed by atoms with E-state index in [0.29, 0.717) is 18.2 Å². The standard InChI is InChI=1S/C19H22N4O2S/c24-17(16-12-21-19-23(18(16)25)9-10-26-19)20-11-14-3-5-15(6-4-14)13-22-7-1-2-8-22/h3-6,12H,1-2,7-11,13H2,(H,20,24). The van der Waals surface area contributed by atoms with Crippen LogP contribution in [0.15, 0.2) is 40.4 Å². The van der Waals surface area contributed by atoms with Crippen molar-refractivity contribution < 1.29 is 4.79 Å². The van der Waals surface area contributed by atoms with Crippen LogP contribution in [0.3, 0.4) is 0 Å². The van der Waals surface area contributed by atoms with Crippen molar-refractivity contribution in [3.05, 3.63) is 57.5 Å². The molecule has 0 unspecified atom stereocenters. The molecule has 2 aliphatic rings. The van der Waals surface area contributed by atoms with Crippen molar-refractivity contribution in [1.82, 2.24) is 19.8 Å². The fourth-order valence-corrected chi connectivity index (χ4v) is 4.33. The number of thioether (sulfide) groups is 1. The molecule has 1 amide bonds. The zero-order chi connectivity index (χ0) is 17.9. The van der Waals surface area contributed by atoms with Gasteiger partial charge in [-0.1, -0.05) is 36.0 Å². The van der Waals surface area contributed by atoms with Crippen LogP contribution in [0.2, 0.25) is 0 Å². The summed E-state index contributed by atoms with van der Waals surface area (Å²) in [5.74, 6) is 0.465. The summed E-state index contributed by atoms with van der Waals surface area (Å²) in [6, 6.07) is 8.30. The molecule has 26 heavy (non-hydrogen) atoms. The van der Waals surface area contributed by atoms with Crippen LogP contribution >= 0.6 is 11.8 Å². The number of benzene rings is 1. The molecule has 1 aromatic heterocycles. The molecule has 1 fully saturated rings. The number of nitrogens with zero attached hydrogens (tertiary/aromatic N) is 3. The van der Waals surface area contributed by atoms with E-state index in [-0.39, 0.29) is 17.0 Å². The number of carbonyl (C=O) groups excluding carboxylic acids is 1. The quantitative estimate of drug-likeness (QED) is 0.814. The number of fused-ring (bicyclic) bond motifs is 1. The second-order valence-corrected chi connectivity index (χ2v) is 7.80. The van der Waals surface area contributed by atoms with Crippen molar-refractivity contribution in [3.63, 3.8) is 0 Å². The molecule has 0 bridgehead atoms. The molecule has 1 aromatic carbocycles. The molecule has 1 N–H and O–H groups in total. The van der Waals surface area contributed by atoms with E-state index in [1.165, 1.54) is 37.7 Å². The Labute approximate surface area is 156 Å². The number of hydrogen-bond donors (Lipinski definition) is 1. The third-order valence-corrected chi connectivity index (χ3v) is 5.85. The van der Waals surface area contributed by atoms with Gasteiger partial charge in [0.2, 0.25) is 0 Å². The first kappa shape index (κ1) is 17.3. The van der Waals surface area contributed by atoms with Crippen molar-refractivity contribution in [2.24, 2.45) is 0 Å². The van der Waals surface area contributed by atoms with Crippen molar-refractivity contribution >= 4 is 17.7 Å². The van der Waals surface area contributed by atoms with Crippen LogP contribution in [0.5, 0.6) is 0 Å². The Balaban J connectivity index is 1.36. The summed E-state index contributed by atoms with van der Waals surface area (Å²) < 4.78 is 1.58. The summed E-state index contributed by atoms with van der Waals surface area (Å²) in [7, 11) is 0. The molecule has 1 saturated heterocycles. The Morgan fingerprint density at radius 2 is 1.85 bits per heavy atom. The van der Waals surface area contributed by atoms with E-state index in [1.807, 2.05) is 12.1 Å². The number of likely N-dealkylation sites (tertiary alicyclic amines) is 1. The number of amides is 1. The third-order valence-electron chi connectivity index (χ3n) is 4.88. The summed E-state index contributed by atoms with van der Waals surface area (Å²) in [4.78, 5) is 31.4. The lowest BCUT2D eigenvalue weighted by Gasteiger charge is -2.14. The normalized spacial score (nSPS) is 16.6. The summed E-state index contributed by atoms with van der Waals surface area (Å²) in [6.07, 6.45) is 3.97. The van der Waals surface area contributed by atoms with Gasteiger partial charge in [0.15, 0.2) is 5.16 Å². The van der Waals surface area contributed by atoms with Crippen LogP contribution in [0.1, 0.15) is 34.3 Å². The fraction of sp³-hybridized carbons (Fsp3) is 0.421. The van der Waals surface area contributed by atoms with E-state index in [4.69, 9.17) is 0 Å². The Hall–Kier alpha value is -2.12. The number of carbonyl (C=O) groups is 1. The van der Waals surface area contributed by atoms with E-state index < -0.39 is 0 Å². The molecule has 136 valence electrons. The fourth-order valence-electron chi connectivity index (χ4n) is 3.41. The van der Waals surface area contributed by atoms with Gasteiger partial charge in [0, 0.05) is 31.6 Å². The molecule has 4 rings (SSSR count). The van der Waals surface area contributed by atoms with Crippen molar-refractivity contribution in [1.29, 1.82) is 0 Å². The second kappa shape index (κ2) is 7.63. The Morgan fingerprint density at radius 1 is 1.12 bits per heavy atom. The van der Waals surface area contributed by atoms with E-state index in [9.17, 15) is 9.59 Å². The second-order valence-electron chi connectivity index (χ2n) is 6.74. The summed E-state index contributed by atoms with van der Waals surface area (Å²) in [6.45, 7) is 4.37. The first-order valence-corrected chi connectivity index (χ1v) is 10.0. The minimum atomic E-state index is -0.365. The van der Waals surface area contributed by atoms with Crippen LogP contribution in [0, 0.1) is 0 Å². The van der Waals surface area contributed by atoms with Crippen molar-refractivity contribution in [3.8, 4) is 0 Å². The van der Waals surface area contributed by atoms with Crippen molar-refractivity contribution in [2.75, 3.05) is 18.8 Å². The molecular formula is C19H22N4O2S. The molecule has 2 aliphatic heterocycles. The summed E-state index contributed by atoms with van der Waals surface area (Å²) >= 11 is 1.54. The highest BCUT2D eigenvalue weighted by molar-refractivity contribution is 7.99. The minimum Gasteiger partial charge on any atom is -0.348 e. The molecule has 0 radical (unpaired) electrons. The maximum atomic E-state index is 12.4. The van der Waals surface area contributed by atoms with Gasteiger partial charge in [0.25, 0.3) is 11.5 Å². The Morgan fingerprint density at radius 3 is 2.62 bits per heavy atom. The lowest BCUT2D eigenvalue weighted by Crippen LogP contribution is -2.33.